The molecule has 2 aliphatic heterocycles. The van der Waals surface area contributed by atoms with Crippen LogP contribution in [0.25, 0.3) is 0 Å². The fourth-order valence-electron chi connectivity index (χ4n) is 3.96. The van der Waals surface area contributed by atoms with Crippen molar-refractivity contribution in [2.45, 2.75) is 19.0 Å². The van der Waals surface area contributed by atoms with E-state index in [0.717, 1.165) is 45.7 Å². The Labute approximate surface area is 156 Å². The monoisotopic (exact) mass is 348 g/mol. The number of nitrogens with zero attached hydrogens (tertiary/aromatic N) is 4. The number of rotatable bonds is 4. The quantitative estimate of drug-likeness (QED) is 0.848. The Hall–Kier alpha value is -2.33. The second kappa shape index (κ2) is 7.92. The number of likely N-dealkylation sites (N-methyl/N-ethyl adjacent to an activating group) is 1. The Morgan fingerprint density at radius 3 is 2.31 bits per heavy atom. The van der Waals surface area contributed by atoms with Crippen LogP contribution in [0.5, 0.6) is 0 Å². The third-order valence-corrected chi connectivity index (χ3v) is 5.50. The molecule has 2 aromatic rings. The van der Waals surface area contributed by atoms with E-state index in [9.17, 15) is 0 Å². The van der Waals surface area contributed by atoms with E-state index in [4.69, 9.17) is 4.99 Å². The average Bonchev–Trinajstić information content (AvgIpc) is 3.13. The van der Waals surface area contributed by atoms with Gasteiger partial charge in [-0.05, 0) is 24.6 Å². The lowest BCUT2D eigenvalue weighted by Gasteiger charge is -2.42. The lowest BCUT2D eigenvalue weighted by atomic mass is 10.0. The Bertz CT molecular complexity index is 728. The number of benzene rings is 2. The topological polar surface area (TPSA) is 22.1 Å². The van der Waals surface area contributed by atoms with E-state index in [-0.39, 0.29) is 0 Å². The molecule has 0 N–H and O–H groups in total. The van der Waals surface area contributed by atoms with Gasteiger partial charge in [0.25, 0.3) is 0 Å². The van der Waals surface area contributed by atoms with Crippen LogP contribution in [0.3, 0.4) is 0 Å². The molecule has 0 amide bonds. The summed E-state index contributed by atoms with van der Waals surface area (Å²) in [6.07, 6.45) is 1.10. The van der Waals surface area contributed by atoms with E-state index in [1.807, 2.05) is 0 Å². The summed E-state index contributed by atoms with van der Waals surface area (Å²) in [6.45, 7) is 6.10. The first kappa shape index (κ1) is 17.1. The zero-order valence-corrected chi connectivity index (χ0v) is 15.6. The van der Waals surface area contributed by atoms with Gasteiger partial charge in [0, 0.05) is 38.8 Å². The minimum absolute atomic E-state index is 0.535. The van der Waals surface area contributed by atoms with E-state index < -0.39 is 0 Å². The SMILES string of the molecule is CN1CCN(C2=NCCN2Cc2ccccc2)CC1Cc1ccccc1. The van der Waals surface area contributed by atoms with Gasteiger partial charge in [-0.3, -0.25) is 9.89 Å². The van der Waals surface area contributed by atoms with Gasteiger partial charge in [0.05, 0.1) is 6.54 Å². The van der Waals surface area contributed by atoms with Crippen molar-refractivity contribution < 1.29 is 0 Å². The van der Waals surface area contributed by atoms with Crippen LogP contribution >= 0.6 is 0 Å². The van der Waals surface area contributed by atoms with Crippen LogP contribution in [0.2, 0.25) is 0 Å². The molecule has 0 bridgehead atoms. The van der Waals surface area contributed by atoms with Crippen molar-refractivity contribution in [1.82, 2.24) is 14.7 Å². The summed E-state index contributed by atoms with van der Waals surface area (Å²) in [4.78, 5) is 12.3. The van der Waals surface area contributed by atoms with Crippen molar-refractivity contribution in [2.75, 3.05) is 39.8 Å². The summed E-state index contributed by atoms with van der Waals surface area (Å²) in [5.41, 5.74) is 2.78. The van der Waals surface area contributed by atoms with E-state index in [0.29, 0.717) is 6.04 Å². The molecule has 0 saturated carbocycles. The molecule has 0 aliphatic carbocycles. The highest BCUT2D eigenvalue weighted by atomic mass is 15.4. The molecule has 0 radical (unpaired) electrons. The van der Waals surface area contributed by atoms with Gasteiger partial charge in [-0.2, -0.15) is 0 Å². The maximum Gasteiger partial charge on any atom is 0.197 e. The molecule has 4 nitrogen and oxygen atoms in total. The molecule has 2 aliphatic rings. The number of piperazine rings is 1. The van der Waals surface area contributed by atoms with Gasteiger partial charge in [-0.15, -0.1) is 0 Å². The predicted octanol–water partition coefficient (Wildman–Crippen LogP) is 2.72. The molecule has 26 heavy (non-hydrogen) atoms. The molecular formula is C22H28N4. The molecule has 2 heterocycles. The zero-order valence-electron chi connectivity index (χ0n) is 15.6. The maximum atomic E-state index is 4.85. The van der Waals surface area contributed by atoms with Crippen molar-refractivity contribution in [3.05, 3.63) is 71.8 Å². The number of hydrogen-bond donors (Lipinski definition) is 0. The smallest absolute Gasteiger partial charge is 0.197 e. The molecule has 1 atom stereocenters. The van der Waals surface area contributed by atoms with Gasteiger partial charge in [0.2, 0.25) is 0 Å². The molecule has 0 spiro atoms. The maximum absolute atomic E-state index is 4.85. The van der Waals surface area contributed by atoms with Crippen LogP contribution in [0.4, 0.5) is 0 Å². The van der Waals surface area contributed by atoms with Crippen LogP contribution in [-0.4, -0.2) is 66.5 Å². The van der Waals surface area contributed by atoms with Crippen molar-refractivity contribution in [2.24, 2.45) is 4.99 Å². The van der Waals surface area contributed by atoms with Gasteiger partial charge in [-0.1, -0.05) is 60.7 Å². The minimum Gasteiger partial charge on any atom is -0.340 e. The fourth-order valence-corrected chi connectivity index (χ4v) is 3.96. The third-order valence-electron chi connectivity index (χ3n) is 5.50. The largest absolute Gasteiger partial charge is 0.340 e. The Morgan fingerprint density at radius 2 is 1.58 bits per heavy atom. The van der Waals surface area contributed by atoms with Gasteiger partial charge in [-0.25, -0.2) is 0 Å². The van der Waals surface area contributed by atoms with E-state index in [2.05, 4.69) is 82.4 Å². The molecular weight excluding hydrogens is 320 g/mol. The Balaban J connectivity index is 1.43. The molecule has 2 aromatic carbocycles. The van der Waals surface area contributed by atoms with E-state index in [1.165, 1.54) is 17.1 Å². The van der Waals surface area contributed by atoms with Crippen molar-refractivity contribution >= 4 is 5.96 Å². The van der Waals surface area contributed by atoms with Crippen LogP contribution in [0.1, 0.15) is 11.1 Å². The number of hydrogen-bond acceptors (Lipinski definition) is 4. The highest BCUT2D eigenvalue weighted by Gasteiger charge is 2.30. The molecule has 136 valence electrons. The Kier molecular flexibility index (Phi) is 5.21. The van der Waals surface area contributed by atoms with Crippen molar-refractivity contribution in [3.8, 4) is 0 Å². The predicted molar refractivity (Wildman–Crippen MR) is 107 cm³/mol. The Morgan fingerprint density at radius 1 is 0.885 bits per heavy atom. The summed E-state index contributed by atoms with van der Waals surface area (Å²) in [6, 6.07) is 22.1. The molecule has 4 rings (SSSR count). The van der Waals surface area contributed by atoms with Gasteiger partial charge < -0.3 is 9.80 Å². The number of guanidine groups is 1. The van der Waals surface area contributed by atoms with Crippen LogP contribution < -0.4 is 0 Å². The summed E-state index contributed by atoms with van der Waals surface area (Å²) >= 11 is 0. The zero-order chi connectivity index (χ0) is 17.8. The summed E-state index contributed by atoms with van der Waals surface area (Å²) in [5.74, 6) is 1.19. The average molecular weight is 348 g/mol. The lowest BCUT2D eigenvalue weighted by molar-refractivity contribution is 0.131. The highest BCUT2D eigenvalue weighted by Crippen LogP contribution is 2.18. The van der Waals surface area contributed by atoms with E-state index in [1.54, 1.807) is 0 Å². The van der Waals surface area contributed by atoms with Crippen LogP contribution in [0.15, 0.2) is 65.7 Å². The van der Waals surface area contributed by atoms with Crippen molar-refractivity contribution in [1.29, 1.82) is 0 Å². The highest BCUT2D eigenvalue weighted by molar-refractivity contribution is 5.81. The molecule has 0 aromatic heterocycles. The van der Waals surface area contributed by atoms with Gasteiger partial charge in [0.15, 0.2) is 5.96 Å². The van der Waals surface area contributed by atoms with Gasteiger partial charge in [0.1, 0.15) is 0 Å². The number of aliphatic imine (C=N–C) groups is 1. The first-order chi connectivity index (χ1) is 12.8. The molecule has 1 saturated heterocycles. The third kappa shape index (κ3) is 3.91. The second-order valence-electron chi connectivity index (χ2n) is 7.36. The van der Waals surface area contributed by atoms with Crippen LogP contribution in [0, 0.1) is 0 Å². The minimum atomic E-state index is 0.535. The standard InChI is InChI=1S/C22H28N4/c1-24-14-15-26(18-21(24)16-19-8-4-2-5-9-19)22-23-12-13-25(22)17-20-10-6-3-7-11-20/h2-11,21H,12-18H2,1H3. The summed E-state index contributed by atoms with van der Waals surface area (Å²) < 4.78 is 0. The van der Waals surface area contributed by atoms with Crippen LogP contribution in [-0.2, 0) is 13.0 Å². The first-order valence-electron chi connectivity index (χ1n) is 9.62. The summed E-state index contributed by atoms with van der Waals surface area (Å²) in [5, 5.41) is 0. The van der Waals surface area contributed by atoms with E-state index >= 15 is 0 Å². The molecule has 4 heteroatoms. The first-order valence-corrected chi connectivity index (χ1v) is 9.62. The van der Waals surface area contributed by atoms with Crippen molar-refractivity contribution in [3.63, 3.8) is 0 Å². The normalized spacial score (nSPS) is 21.1. The molecule has 1 fully saturated rings. The lowest BCUT2D eigenvalue weighted by Crippen LogP contribution is -2.56. The molecule has 1 unspecified atom stereocenters. The second-order valence-corrected chi connectivity index (χ2v) is 7.36. The fraction of sp³-hybridized carbons (Fsp3) is 0.409. The van der Waals surface area contributed by atoms with Gasteiger partial charge >= 0.3 is 0 Å². The summed E-state index contributed by atoms with van der Waals surface area (Å²) in [7, 11) is 2.25.